The van der Waals surface area contributed by atoms with Gasteiger partial charge in [-0.1, -0.05) is 6.58 Å². The van der Waals surface area contributed by atoms with Gasteiger partial charge in [0.1, 0.15) is 12.7 Å². The molecule has 0 aromatic carbocycles. The molecule has 6 aliphatic rings. The van der Waals surface area contributed by atoms with E-state index in [4.69, 9.17) is 29.1 Å². The second-order valence-corrected chi connectivity index (χ2v) is 12.5. The minimum Gasteiger partial charge on any atom is -0.481 e. The molecule has 1 spiro atoms. The van der Waals surface area contributed by atoms with E-state index >= 15 is 0 Å². The molecule has 0 aromatic rings. The van der Waals surface area contributed by atoms with E-state index in [0.29, 0.717) is 24.4 Å². The van der Waals surface area contributed by atoms with Gasteiger partial charge in [0.15, 0.2) is 0 Å². The Morgan fingerprint density at radius 1 is 1.00 bits per heavy atom. The van der Waals surface area contributed by atoms with E-state index in [2.05, 4.69) is 6.58 Å². The third kappa shape index (κ3) is 5.52. The van der Waals surface area contributed by atoms with E-state index in [0.717, 1.165) is 43.1 Å². The Bertz CT molecular complexity index is 804. The summed E-state index contributed by atoms with van der Waals surface area (Å²) in [5.41, 5.74) is 0.424. The first-order valence-electron chi connectivity index (χ1n) is 13.9. The predicted molar refractivity (Wildman–Crippen MR) is 130 cm³/mol. The number of hydrogen-bond acceptors (Lipinski definition) is 7. The zero-order chi connectivity index (χ0) is 25.5. The fraction of sp³-hybridized carbons (Fsp3) is 0.857. The molecular formula is C28H42O8. The van der Waals surface area contributed by atoms with Gasteiger partial charge in [0, 0.05) is 11.8 Å². The van der Waals surface area contributed by atoms with Crippen LogP contribution in [-0.2, 0) is 33.6 Å². The third-order valence-corrected chi connectivity index (χ3v) is 9.25. The van der Waals surface area contributed by atoms with Gasteiger partial charge in [0.05, 0.1) is 31.2 Å². The minimum atomic E-state index is -1.01. The molecule has 1 aliphatic heterocycles. The highest BCUT2D eigenvalue weighted by molar-refractivity contribution is 5.76. The maximum Gasteiger partial charge on any atom is 0.306 e. The fourth-order valence-corrected chi connectivity index (χ4v) is 7.61. The molecule has 5 saturated carbocycles. The second kappa shape index (κ2) is 10.4. The zero-order valence-corrected chi connectivity index (χ0v) is 21.7. The van der Waals surface area contributed by atoms with Crippen molar-refractivity contribution < 1.29 is 38.7 Å². The Morgan fingerprint density at radius 2 is 1.64 bits per heavy atom. The summed E-state index contributed by atoms with van der Waals surface area (Å²) in [5.74, 6) is 0.927. The smallest absolute Gasteiger partial charge is 0.306 e. The van der Waals surface area contributed by atoms with Crippen LogP contribution in [0, 0.1) is 29.6 Å². The van der Waals surface area contributed by atoms with E-state index in [1.165, 1.54) is 32.1 Å². The fourth-order valence-electron chi connectivity index (χ4n) is 7.61. The number of rotatable bonds is 9. The van der Waals surface area contributed by atoms with Crippen LogP contribution in [0.4, 0.5) is 0 Å². The van der Waals surface area contributed by atoms with E-state index < -0.39 is 23.3 Å². The van der Waals surface area contributed by atoms with Gasteiger partial charge in [-0.3, -0.25) is 9.59 Å². The summed E-state index contributed by atoms with van der Waals surface area (Å²) in [6.07, 6.45) is 9.45. The van der Waals surface area contributed by atoms with Crippen LogP contribution >= 0.6 is 0 Å². The van der Waals surface area contributed by atoms with Crippen molar-refractivity contribution in [3.63, 3.8) is 0 Å². The first kappa shape index (κ1) is 26.1. The zero-order valence-electron chi connectivity index (χ0n) is 21.7. The maximum absolute atomic E-state index is 11.7. The molecule has 4 bridgehead atoms. The van der Waals surface area contributed by atoms with Crippen LogP contribution < -0.4 is 0 Å². The van der Waals surface area contributed by atoms with Crippen LogP contribution in [0.25, 0.3) is 0 Å². The predicted octanol–water partition coefficient (Wildman–Crippen LogP) is 4.80. The van der Waals surface area contributed by atoms with Crippen molar-refractivity contribution in [1.82, 2.24) is 0 Å². The highest BCUT2D eigenvalue weighted by Gasteiger charge is 2.61. The maximum atomic E-state index is 11.7. The summed E-state index contributed by atoms with van der Waals surface area (Å²) in [7, 11) is 0. The van der Waals surface area contributed by atoms with E-state index in [-0.39, 0.29) is 31.7 Å². The van der Waals surface area contributed by atoms with Gasteiger partial charge in [-0.05, 0) is 95.0 Å². The summed E-state index contributed by atoms with van der Waals surface area (Å²) in [6, 6.07) is 0. The third-order valence-electron chi connectivity index (χ3n) is 9.25. The van der Waals surface area contributed by atoms with E-state index in [1.54, 1.807) is 0 Å². The average Bonchev–Trinajstić information content (AvgIpc) is 2.84. The lowest BCUT2D eigenvalue weighted by atomic mass is 9.53. The number of ether oxygens (including phenoxy) is 3. The number of carboxylic acids is 1. The minimum absolute atomic E-state index is 0.0814. The monoisotopic (exact) mass is 506 g/mol. The molecule has 1 N–H and O–H groups in total. The number of carbonyl (C=O) groups excluding carboxylic acids is 1. The largest absolute Gasteiger partial charge is 0.481 e. The summed E-state index contributed by atoms with van der Waals surface area (Å²) in [5, 5.41) is 8.69. The van der Waals surface area contributed by atoms with Crippen LogP contribution in [0.15, 0.2) is 12.2 Å². The lowest BCUT2D eigenvalue weighted by Gasteiger charge is -2.60. The Labute approximate surface area is 213 Å². The molecular weight excluding hydrogens is 464 g/mol. The Balaban J connectivity index is 1.04. The van der Waals surface area contributed by atoms with Gasteiger partial charge in [-0.15, -0.1) is 0 Å². The molecule has 6 rings (SSSR count). The molecule has 1 saturated heterocycles. The number of hydrogen-bond donors (Lipinski definition) is 1. The van der Waals surface area contributed by atoms with Crippen molar-refractivity contribution in [3.05, 3.63) is 12.2 Å². The Hall–Kier alpha value is -1.48. The topological polar surface area (TPSA) is 101 Å². The van der Waals surface area contributed by atoms with Gasteiger partial charge < -0.3 is 19.3 Å². The molecule has 36 heavy (non-hydrogen) atoms. The van der Waals surface area contributed by atoms with Crippen LogP contribution in [-0.4, -0.2) is 53.9 Å². The van der Waals surface area contributed by atoms with Gasteiger partial charge >= 0.3 is 11.9 Å². The summed E-state index contributed by atoms with van der Waals surface area (Å²) in [6.45, 7) is 8.80. The molecule has 0 aromatic heterocycles. The molecule has 8 nitrogen and oxygen atoms in total. The second-order valence-electron chi connectivity index (χ2n) is 12.5. The molecule has 202 valence electrons. The highest BCUT2D eigenvalue weighted by atomic mass is 17.2. The quantitative estimate of drug-likeness (QED) is 0.270. The number of carboxylic acid groups (broad SMARTS) is 1. The van der Waals surface area contributed by atoms with Gasteiger partial charge in [0.2, 0.25) is 5.79 Å². The average molecular weight is 507 g/mol. The van der Waals surface area contributed by atoms with Crippen molar-refractivity contribution >= 4 is 11.9 Å². The van der Waals surface area contributed by atoms with Crippen molar-refractivity contribution in [3.8, 4) is 0 Å². The number of esters is 1. The van der Waals surface area contributed by atoms with E-state index in [9.17, 15) is 9.59 Å². The molecule has 1 atom stereocenters. The molecule has 8 heteroatoms. The van der Waals surface area contributed by atoms with Crippen molar-refractivity contribution in [2.45, 2.75) is 108 Å². The van der Waals surface area contributed by atoms with Crippen LogP contribution in [0.3, 0.4) is 0 Å². The standard InChI is InChI=1S/C28H42O8/c1-17(24-15-33-28(36-35-24)21-11-18-10-19(13-21)14-22(28)12-18)20-4-6-23(7-5-20)34-27(2,3)16-32-26(31)9-8-25(29)30/h18-24H,1,4-16H2,2-3H3,(H,29,30). The van der Waals surface area contributed by atoms with Gasteiger partial charge in [0.25, 0.3) is 0 Å². The van der Waals surface area contributed by atoms with Crippen LogP contribution in [0.2, 0.25) is 0 Å². The SMILES string of the molecule is C=C(C1CCC(OC(C)(C)COC(=O)CCC(=O)O)CC1)C1COC2(OO1)C1CC3CC(C1)CC2C3. The molecule has 5 aliphatic carbocycles. The van der Waals surface area contributed by atoms with Crippen LogP contribution in [0.5, 0.6) is 0 Å². The van der Waals surface area contributed by atoms with Crippen molar-refractivity contribution in [2.75, 3.05) is 13.2 Å². The Morgan fingerprint density at radius 3 is 2.19 bits per heavy atom. The first-order chi connectivity index (χ1) is 17.1. The summed E-state index contributed by atoms with van der Waals surface area (Å²) >= 11 is 0. The van der Waals surface area contributed by atoms with Gasteiger partial charge in [-0.25, -0.2) is 4.89 Å². The van der Waals surface area contributed by atoms with Crippen molar-refractivity contribution in [1.29, 1.82) is 0 Å². The molecule has 1 unspecified atom stereocenters. The molecule has 1 heterocycles. The highest BCUT2D eigenvalue weighted by Crippen LogP contribution is 2.61. The first-order valence-corrected chi connectivity index (χ1v) is 13.9. The summed E-state index contributed by atoms with van der Waals surface area (Å²) in [4.78, 5) is 34.5. The van der Waals surface area contributed by atoms with Gasteiger partial charge in [-0.2, -0.15) is 4.89 Å². The normalized spacial score (nSPS) is 39.8. The lowest BCUT2D eigenvalue weighted by Crippen LogP contribution is -2.63. The Kier molecular flexibility index (Phi) is 7.52. The van der Waals surface area contributed by atoms with Crippen LogP contribution in [0.1, 0.15) is 84.5 Å². The van der Waals surface area contributed by atoms with Crippen molar-refractivity contribution in [2.24, 2.45) is 29.6 Å². The lowest BCUT2D eigenvalue weighted by molar-refractivity contribution is -0.520. The molecule has 0 radical (unpaired) electrons. The summed E-state index contributed by atoms with van der Waals surface area (Å²) < 4.78 is 18.0. The number of aliphatic carboxylic acids is 1. The molecule has 6 fully saturated rings. The molecule has 0 amide bonds. The van der Waals surface area contributed by atoms with E-state index in [1.807, 2.05) is 13.8 Å². The number of carbonyl (C=O) groups is 2.